The fraction of sp³-hybridized carbons (Fsp3) is 0.455. The highest BCUT2D eigenvalue weighted by Crippen LogP contribution is 2.30. The molecular weight excluding hydrogens is 263 g/mol. The number of alkyl halides is 1. The highest BCUT2D eigenvalue weighted by molar-refractivity contribution is 9.10. The van der Waals surface area contributed by atoms with Crippen LogP contribution >= 0.6 is 27.5 Å². The Morgan fingerprint density at radius 2 is 2.21 bits per heavy atom. The molecule has 1 nitrogen and oxygen atoms in total. The molecule has 1 aromatic carbocycles. The van der Waals surface area contributed by atoms with E-state index < -0.39 is 0 Å². The topological polar surface area (TPSA) is 9.23 Å². The minimum Gasteiger partial charge on any atom is -0.492 e. The van der Waals surface area contributed by atoms with Crippen molar-refractivity contribution in [1.82, 2.24) is 0 Å². The Morgan fingerprint density at radius 1 is 1.50 bits per heavy atom. The molecule has 0 saturated heterocycles. The summed E-state index contributed by atoms with van der Waals surface area (Å²) in [7, 11) is 0. The van der Waals surface area contributed by atoms with Crippen LogP contribution < -0.4 is 4.74 Å². The van der Waals surface area contributed by atoms with Crippen molar-refractivity contribution in [3.8, 4) is 5.75 Å². The quantitative estimate of drug-likeness (QED) is 0.734. The number of ether oxygens (including phenoxy) is 1. The first kappa shape index (κ1) is 11.9. The molecule has 0 spiro atoms. The summed E-state index contributed by atoms with van der Waals surface area (Å²) in [5, 5.41) is 0.0338. The van der Waals surface area contributed by atoms with Gasteiger partial charge in [0.25, 0.3) is 0 Å². The Kier molecular flexibility index (Phi) is 4.76. The molecule has 0 heterocycles. The molecule has 1 atom stereocenters. The Morgan fingerprint density at radius 3 is 2.71 bits per heavy atom. The van der Waals surface area contributed by atoms with Gasteiger partial charge in [0.2, 0.25) is 0 Å². The maximum absolute atomic E-state index is 5.97. The molecule has 1 aromatic rings. The average molecular weight is 278 g/mol. The molecule has 0 N–H and O–H groups in total. The van der Waals surface area contributed by atoms with Gasteiger partial charge in [0.05, 0.1) is 16.5 Å². The van der Waals surface area contributed by atoms with Crippen LogP contribution in [0.15, 0.2) is 22.7 Å². The van der Waals surface area contributed by atoms with Gasteiger partial charge in [-0.05, 0) is 47.0 Å². The molecule has 0 aromatic heterocycles. The van der Waals surface area contributed by atoms with Crippen LogP contribution in [0.25, 0.3) is 0 Å². The van der Waals surface area contributed by atoms with E-state index in [1.165, 1.54) is 0 Å². The van der Waals surface area contributed by atoms with E-state index in [1.807, 2.05) is 25.1 Å². The summed E-state index contributed by atoms with van der Waals surface area (Å²) in [4.78, 5) is 0. The summed E-state index contributed by atoms with van der Waals surface area (Å²) in [6.07, 6.45) is 1.01. The Labute approximate surface area is 98.5 Å². The van der Waals surface area contributed by atoms with Crippen LogP contribution in [0.5, 0.6) is 5.75 Å². The largest absolute Gasteiger partial charge is 0.492 e. The minimum atomic E-state index is 0.0338. The lowest BCUT2D eigenvalue weighted by Gasteiger charge is -2.09. The van der Waals surface area contributed by atoms with Gasteiger partial charge in [-0.15, -0.1) is 11.6 Å². The molecule has 0 aliphatic carbocycles. The van der Waals surface area contributed by atoms with Gasteiger partial charge in [-0.2, -0.15) is 0 Å². The smallest absolute Gasteiger partial charge is 0.133 e. The number of rotatable bonds is 4. The van der Waals surface area contributed by atoms with Gasteiger partial charge >= 0.3 is 0 Å². The standard InChI is InChI=1S/C11H14BrClO/c1-3-6-14-11-5-4-9(8(2)13)7-10(11)12/h4-5,7-8H,3,6H2,1-2H3. The van der Waals surface area contributed by atoms with Crippen LogP contribution in [0.2, 0.25) is 0 Å². The molecule has 0 bridgehead atoms. The molecule has 1 unspecified atom stereocenters. The van der Waals surface area contributed by atoms with Crippen molar-refractivity contribution in [3.05, 3.63) is 28.2 Å². The first-order chi connectivity index (χ1) is 6.65. The maximum atomic E-state index is 5.97. The number of hydrogen-bond donors (Lipinski definition) is 0. The maximum Gasteiger partial charge on any atom is 0.133 e. The Hall–Kier alpha value is -0.210. The second-order valence-electron chi connectivity index (χ2n) is 3.15. The van der Waals surface area contributed by atoms with Crippen molar-refractivity contribution < 1.29 is 4.74 Å². The van der Waals surface area contributed by atoms with E-state index in [0.29, 0.717) is 0 Å². The summed E-state index contributed by atoms with van der Waals surface area (Å²) < 4.78 is 6.50. The SMILES string of the molecule is CCCOc1ccc(C(C)Cl)cc1Br. The zero-order chi connectivity index (χ0) is 10.6. The summed E-state index contributed by atoms with van der Waals surface area (Å²) >= 11 is 9.43. The van der Waals surface area contributed by atoms with Crippen molar-refractivity contribution >= 4 is 27.5 Å². The van der Waals surface area contributed by atoms with E-state index in [-0.39, 0.29) is 5.38 Å². The normalized spacial score (nSPS) is 12.6. The number of benzene rings is 1. The number of halogens is 2. The first-order valence-corrected chi connectivity index (χ1v) is 5.94. The van der Waals surface area contributed by atoms with Gasteiger partial charge in [-0.25, -0.2) is 0 Å². The lowest BCUT2D eigenvalue weighted by atomic mass is 10.1. The third kappa shape index (κ3) is 3.18. The highest BCUT2D eigenvalue weighted by atomic mass is 79.9. The van der Waals surface area contributed by atoms with Crippen LogP contribution in [0.1, 0.15) is 31.2 Å². The zero-order valence-corrected chi connectivity index (χ0v) is 10.7. The van der Waals surface area contributed by atoms with E-state index in [2.05, 4.69) is 22.9 Å². The predicted molar refractivity (Wildman–Crippen MR) is 64.2 cm³/mol. The molecule has 78 valence electrons. The molecule has 1 rings (SSSR count). The van der Waals surface area contributed by atoms with Crippen LogP contribution in [-0.2, 0) is 0 Å². The molecule has 0 saturated carbocycles. The average Bonchev–Trinajstić information content (AvgIpc) is 2.15. The predicted octanol–water partition coefficient (Wildman–Crippen LogP) is 4.54. The van der Waals surface area contributed by atoms with Gasteiger partial charge in [-0.1, -0.05) is 13.0 Å². The summed E-state index contributed by atoms with van der Waals surface area (Å²) in [5.41, 5.74) is 1.10. The summed E-state index contributed by atoms with van der Waals surface area (Å²) in [6.45, 7) is 4.79. The molecule has 14 heavy (non-hydrogen) atoms. The second-order valence-corrected chi connectivity index (χ2v) is 4.66. The van der Waals surface area contributed by atoms with Crippen molar-refractivity contribution in [2.45, 2.75) is 25.6 Å². The first-order valence-electron chi connectivity index (χ1n) is 4.71. The van der Waals surface area contributed by atoms with Gasteiger partial charge in [0, 0.05) is 0 Å². The summed E-state index contributed by atoms with van der Waals surface area (Å²) in [5.74, 6) is 0.882. The van der Waals surface area contributed by atoms with Crippen LogP contribution in [-0.4, -0.2) is 6.61 Å². The lowest BCUT2D eigenvalue weighted by molar-refractivity contribution is 0.315. The van der Waals surface area contributed by atoms with Crippen molar-refractivity contribution in [2.75, 3.05) is 6.61 Å². The van der Waals surface area contributed by atoms with E-state index >= 15 is 0 Å². The van der Waals surface area contributed by atoms with Crippen molar-refractivity contribution in [2.24, 2.45) is 0 Å². The fourth-order valence-electron chi connectivity index (χ4n) is 1.09. The van der Waals surface area contributed by atoms with Gasteiger partial charge < -0.3 is 4.74 Å². The monoisotopic (exact) mass is 276 g/mol. The van der Waals surface area contributed by atoms with Gasteiger partial charge in [-0.3, -0.25) is 0 Å². The molecule has 0 aliphatic heterocycles. The van der Waals surface area contributed by atoms with Gasteiger partial charge in [0.1, 0.15) is 5.75 Å². The third-order valence-electron chi connectivity index (χ3n) is 1.88. The second kappa shape index (κ2) is 5.62. The summed E-state index contributed by atoms with van der Waals surface area (Å²) in [6, 6.07) is 5.95. The lowest BCUT2D eigenvalue weighted by Crippen LogP contribution is -1.96. The Balaban J connectivity index is 2.79. The zero-order valence-electron chi connectivity index (χ0n) is 8.39. The Bertz CT molecular complexity index is 299. The van der Waals surface area contributed by atoms with Crippen LogP contribution in [0, 0.1) is 0 Å². The van der Waals surface area contributed by atoms with Crippen molar-refractivity contribution in [3.63, 3.8) is 0 Å². The molecule has 0 radical (unpaired) electrons. The molecule has 0 aliphatic rings. The van der Waals surface area contributed by atoms with E-state index in [4.69, 9.17) is 16.3 Å². The number of hydrogen-bond acceptors (Lipinski definition) is 1. The molecule has 3 heteroatoms. The van der Waals surface area contributed by atoms with Crippen LogP contribution in [0.3, 0.4) is 0 Å². The molecular formula is C11H14BrClO. The molecule has 0 amide bonds. The van der Waals surface area contributed by atoms with E-state index in [0.717, 1.165) is 28.8 Å². The molecule has 0 fully saturated rings. The van der Waals surface area contributed by atoms with Crippen LogP contribution in [0.4, 0.5) is 0 Å². The van der Waals surface area contributed by atoms with E-state index in [9.17, 15) is 0 Å². The highest BCUT2D eigenvalue weighted by Gasteiger charge is 2.05. The van der Waals surface area contributed by atoms with Crippen molar-refractivity contribution in [1.29, 1.82) is 0 Å². The minimum absolute atomic E-state index is 0.0338. The fourth-order valence-corrected chi connectivity index (χ4v) is 1.74. The van der Waals surface area contributed by atoms with E-state index in [1.54, 1.807) is 0 Å². The third-order valence-corrected chi connectivity index (χ3v) is 2.75. The van der Waals surface area contributed by atoms with Gasteiger partial charge in [0.15, 0.2) is 0 Å².